The molecule has 0 aliphatic carbocycles. The second-order valence-electron chi connectivity index (χ2n) is 7.04. The molecular formula is C19H32N4. The van der Waals surface area contributed by atoms with E-state index in [1.165, 1.54) is 30.6 Å². The van der Waals surface area contributed by atoms with Crippen LogP contribution in [0.3, 0.4) is 0 Å². The van der Waals surface area contributed by atoms with Gasteiger partial charge in [0.05, 0.1) is 6.54 Å². The van der Waals surface area contributed by atoms with Gasteiger partial charge in [-0.15, -0.1) is 0 Å². The Labute approximate surface area is 141 Å². The van der Waals surface area contributed by atoms with E-state index in [1.807, 2.05) is 0 Å². The Kier molecular flexibility index (Phi) is 6.90. The van der Waals surface area contributed by atoms with Gasteiger partial charge in [0.2, 0.25) is 0 Å². The summed E-state index contributed by atoms with van der Waals surface area (Å²) in [6, 6.07) is 8.61. The van der Waals surface area contributed by atoms with Crippen molar-refractivity contribution in [3.8, 4) is 0 Å². The highest BCUT2D eigenvalue weighted by molar-refractivity contribution is 5.77. The minimum absolute atomic E-state index is 0.543. The quantitative estimate of drug-likeness (QED) is 0.626. The molecule has 2 atom stereocenters. The lowest BCUT2D eigenvalue weighted by Gasteiger charge is -2.35. The molecule has 0 saturated carbocycles. The van der Waals surface area contributed by atoms with E-state index in [4.69, 9.17) is 5.73 Å². The van der Waals surface area contributed by atoms with Gasteiger partial charge in [-0.3, -0.25) is 4.90 Å². The second-order valence-corrected chi connectivity index (χ2v) is 7.04. The van der Waals surface area contributed by atoms with E-state index in [1.54, 1.807) is 0 Å². The molecule has 2 unspecified atom stereocenters. The Bertz CT molecular complexity index is 502. The fraction of sp³-hybridized carbons (Fsp3) is 0.632. The van der Waals surface area contributed by atoms with Gasteiger partial charge >= 0.3 is 0 Å². The van der Waals surface area contributed by atoms with Crippen LogP contribution in [0, 0.1) is 11.8 Å². The molecule has 0 spiro atoms. The van der Waals surface area contributed by atoms with Crippen LogP contribution in [0.4, 0.5) is 0 Å². The number of likely N-dealkylation sites (tertiary alicyclic amines) is 1. The van der Waals surface area contributed by atoms with Gasteiger partial charge in [0, 0.05) is 26.2 Å². The molecule has 4 nitrogen and oxygen atoms in total. The summed E-state index contributed by atoms with van der Waals surface area (Å²) in [7, 11) is 0. The minimum Gasteiger partial charge on any atom is -0.370 e. The molecular weight excluding hydrogens is 284 g/mol. The summed E-state index contributed by atoms with van der Waals surface area (Å²) in [6.45, 7) is 11.8. The molecule has 1 fully saturated rings. The average Bonchev–Trinajstić information content (AvgIpc) is 2.51. The number of hydrogen-bond acceptors (Lipinski definition) is 2. The van der Waals surface area contributed by atoms with E-state index in [0.29, 0.717) is 12.5 Å². The molecule has 4 heteroatoms. The third kappa shape index (κ3) is 5.87. The Morgan fingerprint density at radius 1 is 1.22 bits per heavy atom. The number of nitrogens with zero attached hydrogens (tertiary/aromatic N) is 2. The van der Waals surface area contributed by atoms with Crippen molar-refractivity contribution in [2.75, 3.05) is 19.6 Å². The SMILES string of the molecule is CCCNC(N)=NCc1ccccc1CN1CC(C)CC(C)C1. The third-order valence-electron chi connectivity index (χ3n) is 4.43. The molecule has 1 aromatic carbocycles. The van der Waals surface area contributed by atoms with Gasteiger partial charge in [0.1, 0.15) is 0 Å². The standard InChI is InChI=1S/C19H32N4/c1-4-9-21-19(20)22-11-17-7-5-6-8-18(17)14-23-12-15(2)10-16(3)13-23/h5-8,15-16H,4,9-14H2,1-3H3,(H3,20,21,22). The van der Waals surface area contributed by atoms with Gasteiger partial charge < -0.3 is 11.1 Å². The van der Waals surface area contributed by atoms with E-state index in [0.717, 1.165) is 31.3 Å². The zero-order valence-corrected chi connectivity index (χ0v) is 14.9. The molecule has 1 heterocycles. The summed E-state index contributed by atoms with van der Waals surface area (Å²) >= 11 is 0. The normalized spacial score (nSPS) is 23.0. The van der Waals surface area contributed by atoms with Gasteiger partial charge in [0.25, 0.3) is 0 Å². The molecule has 0 bridgehead atoms. The van der Waals surface area contributed by atoms with E-state index >= 15 is 0 Å². The van der Waals surface area contributed by atoms with Crippen LogP contribution < -0.4 is 11.1 Å². The monoisotopic (exact) mass is 316 g/mol. The van der Waals surface area contributed by atoms with E-state index in [9.17, 15) is 0 Å². The number of benzene rings is 1. The fourth-order valence-electron chi connectivity index (χ4n) is 3.51. The van der Waals surface area contributed by atoms with E-state index in [-0.39, 0.29) is 0 Å². The number of rotatable bonds is 6. The van der Waals surface area contributed by atoms with Gasteiger partial charge in [-0.2, -0.15) is 0 Å². The first kappa shape index (κ1) is 17.8. The molecule has 2 rings (SSSR count). The van der Waals surface area contributed by atoms with Crippen LogP contribution in [-0.2, 0) is 13.1 Å². The van der Waals surface area contributed by atoms with Crippen LogP contribution in [0.15, 0.2) is 29.3 Å². The van der Waals surface area contributed by atoms with Crippen molar-refractivity contribution in [1.29, 1.82) is 0 Å². The number of piperidine rings is 1. The lowest BCUT2D eigenvalue weighted by atomic mass is 9.91. The molecule has 1 aliphatic rings. The van der Waals surface area contributed by atoms with Gasteiger partial charge in [-0.05, 0) is 35.8 Å². The van der Waals surface area contributed by atoms with Crippen molar-refractivity contribution in [1.82, 2.24) is 10.2 Å². The molecule has 128 valence electrons. The highest BCUT2D eigenvalue weighted by Gasteiger charge is 2.22. The van der Waals surface area contributed by atoms with Crippen LogP contribution in [0.1, 0.15) is 44.7 Å². The van der Waals surface area contributed by atoms with Crippen molar-refractivity contribution in [2.45, 2.75) is 46.7 Å². The van der Waals surface area contributed by atoms with Crippen LogP contribution in [0.2, 0.25) is 0 Å². The van der Waals surface area contributed by atoms with E-state index < -0.39 is 0 Å². The van der Waals surface area contributed by atoms with Crippen LogP contribution in [0.5, 0.6) is 0 Å². The predicted octanol–water partition coefficient (Wildman–Crippen LogP) is 2.98. The molecule has 0 amide bonds. The molecule has 1 saturated heterocycles. The van der Waals surface area contributed by atoms with Gasteiger partial charge in [0.15, 0.2) is 5.96 Å². The maximum atomic E-state index is 5.91. The van der Waals surface area contributed by atoms with Crippen molar-refractivity contribution in [2.24, 2.45) is 22.6 Å². The topological polar surface area (TPSA) is 53.6 Å². The Morgan fingerprint density at radius 2 is 1.87 bits per heavy atom. The Morgan fingerprint density at radius 3 is 2.52 bits per heavy atom. The first-order chi connectivity index (χ1) is 11.1. The maximum Gasteiger partial charge on any atom is 0.188 e. The highest BCUT2D eigenvalue weighted by Crippen LogP contribution is 2.23. The van der Waals surface area contributed by atoms with Gasteiger partial charge in [-0.25, -0.2) is 4.99 Å². The fourth-order valence-corrected chi connectivity index (χ4v) is 3.51. The zero-order valence-electron chi connectivity index (χ0n) is 14.9. The number of nitrogens with one attached hydrogen (secondary N) is 1. The smallest absolute Gasteiger partial charge is 0.188 e. The van der Waals surface area contributed by atoms with E-state index in [2.05, 4.69) is 60.2 Å². The molecule has 1 aromatic rings. The lowest BCUT2D eigenvalue weighted by Crippen LogP contribution is -2.38. The number of aliphatic imine (C=N–C) groups is 1. The third-order valence-corrected chi connectivity index (χ3v) is 4.43. The number of hydrogen-bond donors (Lipinski definition) is 2. The summed E-state index contributed by atoms with van der Waals surface area (Å²) in [4.78, 5) is 7.06. The molecule has 0 radical (unpaired) electrons. The van der Waals surface area contributed by atoms with Crippen LogP contribution >= 0.6 is 0 Å². The average molecular weight is 316 g/mol. The molecule has 3 N–H and O–H groups in total. The summed E-state index contributed by atoms with van der Waals surface area (Å²) in [5.41, 5.74) is 8.56. The number of guanidine groups is 1. The predicted molar refractivity (Wildman–Crippen MR) is 98.3 cm³/mol. The van der Waals surface area contributed by atoms with Crippen molar-refractivity contribution >= 4 is 5.96 Å². The maximum absolute atomic E-state index is 5.91. The van der Waals surface area contributed by atoms with Crippen LogP contribution in [0.25, 0.3) is 0 Å². The minimum atomic E-state index is 0.543. The second kappa shape index (κ2) is 8.92. The summed E-state index contributed by atoms with van der Waals surface area (Å²) < 4.78 is 0. The van der Waals surface area contributed by atoms with Crippen molar-refractivity contribution in [3.63, 3.8) is 0 Å². The summed E-state index contributed by atoms with van der Waals surface area (Å²) in [5, 5.41) is 3.13. The van der Waals surface area contributed by atoms with Crippen molar-refractivity contribution < 1.29 is 0 Å². The summed E-state index contributed by atoms with van der Waals surface area (Å²) in [5.74, 6) is 2.12. The first-order valence-corrected chi connectivity index (χ1v) is 8.91. The molecule has 23 heavy (non-hydrogen) atoms. The lowest BCUT2D eigenvalue weighted by molar-refractivity contribution is 0.134. The molecule has 0 aromatic heterocycles. The van der Waals surface area contributed by atoms with Crippen LogP contribution in [-0.4, -0.2) is 30.5 Å². The Balaban J connectivity index is 1.99. The van der Waals surface area contributed by atoms with Crippen molar-refractivity contribution in [3.05, 3.63) is 35.4 Å². The van der Waals surface area contributed by atoms with Gasteiger partial charge in [-0.1, -0.05) is 45.0 Å². The Hall–Kier alpha value is -1.55. The highest BCUT2D eigenvalue weighted by atomic mass is 15.1. The number of nitrogens with two attached hydrogens (primary N) is 1. The summed E-state index contributed by atoms with van der Waals surface area (Å²) in [6.07, 6.45) is 2.40. The largest absolute Gasteiger partial charge is 0.370 e. The first-order valence-electron chi connectivity index (χ1n) is 8.91. The zero-order chi connectivity index (χ0) is 16.7. The molecule has 1 aliphatic heterocycles.